The second kappa shape index (κ2) is 8.05. The van der Waals surface area contributed by atoms with Crippen molar-refractivity contribution in [2.24, 2.45) is 4.99 Å². The normalized spacial score (nSPS) is 11.5. The summed E-state index contributed by atoms with van der Waals surface area (Å²) in [4.78, 5) is 5.51. The topological polar surface area (TPSA) is 36.4 Å². The lowest BCUT2D eigenvalue weighted by Gasteiger charge is -2.11. The van der Waals surface area contributed by atoms with Gasteiger partial charge in [-0.1, -0.05) is 41.4 Å². The van der Waals surface area contributed by atoms with Crippen molar-refractivity contribution >= 4 is 28.9 Å². The molecule has 21 heavy (non-hydrogen) atoms. The van der Waals surface area contributed by atoms with Crippen LogP contribution in [0.1, 0.15) is 16.0 Å². The summed E-state index contributed by atoms with van der Waals surface area (Å²) in [6.45, 7) is 3.71. The van der Waals surface area contributed by atoms with Gasteiger partial charge in [-0.05, 0) is 31.0 Å². The van der Waals surface area contributed by atoms with Gasteiger partial charge in [0.1, 0.15) is 0 Å². The van der Waals surface area contributed by atoms with E-state index in [4.69, 9.17) is 11.6 Å². The summed E-state index contributed by atoms with van der Waals surface area (Å²) in [6.07, 6.45) is 0.947. The standard InChI is InChI=1S/C16H20ClN3S/c1-12-4-3-5-13(10-12)11-20-16(18-2)19-9-8-14-6-7-15(17)21-14/h3-7,10H,8-9,11H2,1-2H3,(H2,18,19,20). The van der Waals surface area contributed by atoms with Crippen LogP contribution in [-0.2, 0) is 13.0 Å². The van der Waals surface area contributed by atoms with Gasteiger partial charge in [0.2, 0.25) is 0 Å². The Morgan fingerprint density at radius 2 is 2.10 bits per heavy atom. The van der Waals surface area contributed by atoms with E-state index in [2.05, 4.69) is 52.9 Å². The third kappa shape index (κ3) is 5.40. The van der Waals surface area contributed by atoms with Crippen LogP contribution in [-0.4, -0.2) is 19.6 Å². The average Bonchev–Trinajstić information content (AvgIpc) is 2.88. The molecule has 0 aliphatic heterocycles. The van der Waals surface area contributed by atoms with Crippen molar-refractivity contribution in [3.8, 4) is 0 Å². The first-order valence-corrected chi connectivity index (χ1v) is 8.11. The summed E-state index contributed by atoms with van der Waals surface area (Å²) in [6, 6.07) is 12.5. The molecule has 2 aromatic rings. The predicted molar refractivity (Wildman–Crippen MR) is 92.4 cm³/mol. The Kier molecular flexibility index (Phi) is 6.08. The quantitative estimate of drug-likeness (QED) is 0.652. The number of hydrogen-bond acceptors (Lipinski definition) is 2. The molecule has 1 heterocycles. The molecule has 2 N–H and O–H groups in total. The number of benzene rings is 1. The van der Waals surface area contributed by atoms with Gasteiger partial charge in [0.25, 0.3) is 0 Å². The molecule has 0 amide bonds. The van der Waals surface area contributed by atoms with Crippen molar-refractivity contribution in [1.29, 1.82) is 0 Å². The number of aliphatic imine (C=N–C) groups is 1. The third-order valence-corrected chi connectivity index (χ3v) is 4.35. The van der Waals surface area contributed by atoms with E-state index in [1.807, 2.05) is 6.07 Å². The van der Waals surface area contributed by atoms with Crippen LogP contribution in [0.3, 0.4) is 0 Å². The first-order chi connectivity index (χ1) is 10.2. The molecule has 5 heteroatoms. The Hall–Kier alpha value is -1.52. The molecule has 0 saturated carbocycles. The highest BCUT2D eigenvalue weighted by Gasteiger charge is 2.01. The molecule has 112 valence electrons. The lowest BCUT2D eigenvalue weighted by Crippen LogP contribution is -2.37. The number of thiophene rings is 1. The fourth-order valence-electron chi connectivity index (χ4n) is 2.02. The van der Waals surface area contributed by atoms with E-state index >= 15 is 0 Å². The minimum Gasteiger partial charge on any atom is -0.356 e. The zero-order valence-corrected chi connectivity index (χ0v) is 13.9. The van der Waals surface area contributed by atoms with E-state index in [9.17, 15) is 0 Å². The second-order valence-electron chi connectivity index (χ2n) is 4.80. The maximum atomic E-state index is 5.92. The third-order valence-electron chi connectivity index (χ3n) is 3.06. The highest BCUT2D eigenvalue weighted by atomic mass is 35.5. The molecule has 0 atom stereocenters. The fraction of sp³-hybridized carbons (Fsp3) is 0.312. The highest BCUT2D eigenvalue weighted by Crippen LogP contribution is 2.21. The van der Waals surface area contributed by atoms with Crippen molar-refractivity contribution in [2.45, 2.75) is 19.9 Å². The van der Waals surface area contributed by atoms with Gasteiger partial charge in [-0.2, -0.15) is 0 Å². The molecule has 0 aliphatic rings. The van der Waals surface area contributed by atoms with Crippen LogP contribution in [0, 0.1) is 6.92 Å². The zero-order valence-electron chi connectivity index (χ0n) is 12.3. The molecular formula is C16H20ClN3S. The summed E-state index contributed by atoms with van der Waals surface area (Å²) in [5.74, 6) is 0.819. The maximum Gasteiger partial charge on any atom is 0.191 e. The molecule has 1 aromatic carbocycles. The highest BCUT2D eigenvalue weighted by molar-refractivity contribution is 7.16. The monoisotopic (exact) mass is 321 g/mol. The summed E-state index contributed by atoms with van der Waals surface area (Å²) in [5, 5.41) is 6.64. The van der Waals surface area contributed by atoms with Gasteiger partial charge in [-0.15, -0.1) is 11.3 Å². The molecule has 0 radical (unpaired) electrons. The molecule has 3 nitrogen and oxygen atoms in total. The Bertz CT molecular complexity index is 607. The van der Waals surface area contributed by atoms with E-state index in [-0.39, 0.29) is 0 Å². The summed E-state index contributed by atoms with van der Waals surface area (Å²) >= 11 is 7.55. The molecule has 0 saturated heterocycles. The lowest BCUT2D eigenvalue weighted by atomic mass is 10.1. The van der Waals surface area contributed by atoms with E-state index < -0.39 is 0 Å². The largest absolute Gasteiger partial charge is 0.356 e. The molecule has 0 bridgehead atoms. The molecule has 1 aromatic heterocycles. The lowest BCUT2D eigenvalue weighted by molar-refractivity contribution is 0.799. The van der Waals surface area contributed by atoms with Crippen molar-refractivity contribution in [1.82, 2.24) is 10.6 Å². The van der Waals surface area contributed by atoms with Crippen LogP contribution in [0.15, 0.2) is 41.4 Å². The fourth-order valence-corrected chi connectivity index (χ4v) is 3.11. The van der Waals surface area contributed by atoms with Crippen molar-refractivity contribution in [3.05, 3.63) is 56.7 Å². The van der Waals surface area contributed by atoms with Crippen molar-refractivity contribution in [2.75, 3.05) is 13.6 Å². The van der Waals surface area contributed by atoms with Crippen molar-refractivity contribution in [3.63, 3.8) is 0 Å². The summed E-state index contributed by atoms with van der Waals surface area (Å²) < 4.78 is 0.840. The van der Waals surface area contributed by atoms with Crippen LogP contribution < -0.4 is 10.6 Å². The average molecular weight is 322 g/mol. The number of rotatable bonds is 5. The van der Waals surface area contributed by atoms with Crippen LogP contribution in [0.2, 0.25) is 4.34 Å². The Labute approximate surface area is 135 Å². The van der Waals surface area contributed by atoms with Gasteiger partial charge in [0.05, 0.1) is 4.34 Å². The van der Waals surface area contributed by atoms with Gasteiger partial charge in [0.15, 0.2) is 5.96 Å². The molecule has 0 aliphatic carbocycles. The minimum absolute atomic E-state index is 0.770. The van der Waals surface area contributed by atoms with Crippen LogP contribution in [0.4, 0.5) is 0 Å². The molecular weight excluding hydrogens is 302 g/mol. The van der Waals surface area contributed by atoms with Crippen molar-refractivity contribution < 1.29 is 0 Å². The van der Waals surface area contributed by atoms with E-state index in [1.165, 1.54) is 16.0 Å². The number of aryl methyl sites for hydroxylation is 1. The van der Waals surface area contributed by atoms with Crippen LogP contribution in [0.25, 0.3) is 0 Å². The SMILES string of the molecule is CN=C(NCCc1ccc(Cl)s1)NCc1cccc(C)c1. The Morgan fingerprint density at radius 1 is 1.24 bits per heavy atom. The second-order valence-corrected chi connectivity index (χ2v) is 6.60. The number of hydrogen-bond donors (Lipinski definition) is 2. The van der Waals surface area contributed by atoms with E-state index in [0.29, 0.717) is 0 Å². The number of guanidine groups is 1. The summed E-state index contributed by atoms with van der Waals surface area (Å²) in [7, 11) is 1.79. The van der Waals surface area contributed by atoms with Gasteiger partial charge < -0.3 is 10.6 Å². The van der Waals surface area contributed by atoms with Gasteiger partial charge in [0, 0.05) is 25.0 Å². The zero-order chi connectivity index (χ0) is 15.1. The Morgan fingerprint density at radius 3 is 2.76 bits per heavy atom. The Balaban J connectivity index is 1.76. The predicted octanol–water partition coefficient (Wildman–Crippen LogP) is 3.62. The molecule has 0 fully saturated rings. The smallest absolute Gasteiger partial charge is 0.191 e. The van der Waals surface area contributed by atoms with E-state index in [0.717, 1.165) is 29.8 Å². The summed E-state index contributed by atoms with van der Waals surface area (Å²) in [5.41, 5.74) is 2.52. The van der Waals surface area contributed by atoms with Crippen LogP contribution in [0.5, 0.6) is 0 Å². The molecule has 0 unspecified atom stereocenters. The minimum atomic E-state index is 0.770. The first-order valence-electron chi connectivity index (χ1n) is 6.91. The van der Waals surface area contributed by atoms with Gasteiger partial charge in [-0.3, -0.25) is 4.99 Å². The van der Waals surface area contributed by atoms with E-state index in [1.54, 1.807) is 18.4 Å². The number of nitrogens with one attached hydrogen (secondary N) is 2. The first kappa shape index (κ1) is 15.9. The number of nitrogens with zero attached hydrogens (tertiary/aromatic N) is 1. The molecule has 0 spiro atoms. The van der Waals surface area contributed by atoms with Gasteiger partial charge in [-0.25, -0.2) is 0 Å². The molecule has 2 rings (SSSR count). The maximum absolute atomic E-state index is 5.92. The van der Waals surface area contributed by atoms with Gasteiger partial charge >= 0.3 is 0 Å². The number of halogens is 1. The van der Waals surface area contributed by atoms with Crippen LogP contribution >= 0.6 is 22.9 Å².